The maximum absolute atomic E-state index is 13.5. The number of nitrogens with zero attached hydrogens (tertiary/aromatic N) is 2. The van der Waals surface area contributed by atoms with Crippen LogP contribution < -0.4 is 10.7 Å². The monoisotopic (exact) mass is 330 g/mol. The lowest BCUT2D eigenvalue weighted by Gasteiger charge is -2.05. The van der Waals surface area contributed by atoms with Crippen molar-refractivity contribution in [1.29, 1.82) is 0 Å². The number of nitro groups is 1. The summed E-state index contributed by atoms with van der Waals surface area (Å²) < 4.78 is 13.5. The highest BCUT2D eigenvalue weighted by Gasteiger charge is 2.09. The molecule has 24 heavy (non-hydrogen) atoms. The van der Waals surface area contributed by atoms with Gasteiger partial charge in [-0.2, -0.15) is 5.10 Å². The summed E-state index contributed by atoms with van der Waals surface area (Å²) >= 11 is 0. The third-order valence-corrected chi connectivity index (χ3v) is 3.09. The van der Waals surface area contributed by atoms with Gasteiger partial charge in [-0.1, -0.05) is 17.7 Å². The van der Waals surface area contributed by atoms with Gasteiger partial charge in [-0.3, -0.25) is 14.9 Å². The Kier molecular flexibility index (Phi) is 5.56. The molecule has 0 atom stereocenters. The molecule has 0 saturated heterocycles. The Labute approximate surface area is 137 Å². The fourth-order valence-electron chi connectivity index (χ4n) is 1.81. The van der Waals surface area contributed by atoms with Gasteiger partial charge in [0, 0.05) is 23.4 Å². The zero-order valence-electron chi connectivity index (χ0n) is 12.8. The Morgan fingerprint density at radius 1 is 1.29 bits per heavy atom. The van der Waals surface area contributed by atoms with E-state index in [2.05, 4.69) is 15.8 Å². The molecule has 0 aliphatic heterocycles. The highest BCUT2D eigenvalue weighted by atomic mass is 19.1. The maximum atomic E-state index is 13.5. The standard InChI is InChI=1S/C16H15FN4O3/c1-11-2-4-13(5-3-11)18-10-16(22)20-19-9-12-8-14(21(23)24)6-7-15(12)17/h2-9,18H,10H2,1H3,(H,20,22)/b19-9-. The maximum Gasteiger partial charge on any atom is 0.270 e. The third kappa shape index (κ3) is 4.87. The molecule has 0 bridgehead atoms. The number of carbonyl (C=O) groups is 1. The predicted molar refractivity (Wildman–Crippen MR) is 88.5 cm³/mol. The summed E-state index contributed by atoms with van der Waals surface area (Å²) in [5.74, 6) is -1.10. The normalized spacial score (nSPS) is 10.6. The summed E-state index contributed by atoms with van der Waals surface area (Å²) in [6.07, 6.45) is 1.02. The average molecular weight is 330 g/mol. The van der Waals surface area contributed by atoms with Gasteiger partial charge in [0.05, 0.1) is 17.7 Å². The van der Waals surface area contributed by atoms with E-state index >= 15 is 0 Å². The van der Waals surface area contributed by atoms with E-state index in [4.69, 9.17) is 0 Å². The van der Waals surface area contributed by atoms with Crippen molar-refractivity contribution in [3.8, 4) is 0 Å². The number of anilines is 1. The van der Waals surface area contributed by atoms with Crippen LogP contribution in [0.15, 0.2) is 47.6 Å². The Morgan fingerprint density at radius 3 is 2.67 bits per heavy atom. The van der Waals surface area contributed by atoms with E-state index in [1.165, 1.54) is 0 Å². The first-order valence-corrected chi connectivity index (χ1v) is 7.02. The van der Waals surface area contributed by atoms with Gasteiger partial charge in [0.15, 0.2) is 0 Å². The number of aryl methyl sites for hydroxylation is 1. The van der Waals surface area contributed by atoms with Crippen LogP contribution in [-0.2, 0) is 4.79 Å². The van der Waals surface area contributed by atoms with Gasteiger partial charge in [-0.15, -0.1) is 0 Å². The van der Waals surface area contributed by atoms with E-state index in [1.54, 1.807) is 0 Å². The molecule has 2 rings (SSSR count). The van der Waals surface area contributed by atoms with Crippen LogP contribution in [0, 0.1) is 22.9 Å². The minimum Gasteiger partial charge on any atom is -0.376 e. The van der Waals surface area contributed by atoms with Crippen LogP contribution in [0.1, 0.15) is 11.1 Å². The Hall–Kier alpha value is -3.29. The molecule has 0 saturated carbocycles. The van der Waals surface area contributed by atoms with Crippen LogP contribution in [0.2, 0.25) is 0 Å². The Bertz CT molecular complexity index is 775. The summed E-state index contributed by atoms with van der Waals surface area (Å²) in [6.45, 7) is 1.94. The summed E-state index contributed by atoms with van der Waals surface area (Å²) in [7, 11) is 0. The molecule has 0 radical (unpaired) electrons. The molecule has 124 valence electrons. The molecule has 7 nitrogen and oxygen atoms in total. The van der Waals surface area contributed by atoms with E-state index in [0.717, 1.165) is 35.7 Å². The number of carbonyl (C=O) groups excluding carboxylic acids is 1. The van der Waals surface area contributed by atoms with Gasteiger partial charge >= 0.3 is 0 Å². The number of nitrogens with one attached hydrogen (secondary N) is 2. The number of non-ortho nitro benzene ring substituents is 1. The van der Waals surface area contributed by atoms with E-state index in [9.17, 15) is 19.3 Å². The van der Waals surface area contributed by atoms with E-state index < -0.39 is 16.6 Å². The SMILES string of the molecule is Cc1ccc(NCC(=O)N/N=C\c2cc([N+](=O)[O-])ccc2F)cc1. The molecule has 0 aliphatic carbocycles. The first-order chi connectivity index (χ1) is 11.5. The van der Waals surface area contributed by atoms with Gasteiger partial charge in [0.1, 0.15) is 5.82 Å². The van der Waals surface area contributed by atoms with E-state index in [0.29, 0.717) is 0 Å². The third-order valence-electron chi connectivity index (χ3n) is 3.09. The number of hydrazone groups is 1. The van der Waals surface area contributed by atoms with Crippen LogP contribution in [0.4, 0.5) is 15.8 Å². The molecule has 0 aromatic heterocycles. The molecular weight excluding hydrogens is 315 g/mol. The molecule has 2 aromatic rings. The molecule has 2 aromatic carbocycles. The first kappa shape index (κ1) is 17.1. The number of amides is 1. The van der Waals surface area contributed by atoms with Crippen LogP contribution >= 0.6 is 0 Å². The number of benzene rings is 2. The zero-order chi connectivity index (χ0) is 17.5. The van der Waals surface area contributed by atoms with E-state index in [-0.39, 0.29) is 17.8 Å². The van der Waals surface area contributed by atoms with Gasteiger partial charge in [0.25, 0.3) is 11.6 Å². The number of nitro benzene ring substituents is 1. The summed E-state index contributed by atoms with van der Waals surface area (Å²) in [6, 6.07) is 10.5. The van der Waals surface area contributed by atoms with Crippen LogP contribution in [0.5, 0.6) is 0 Å². The zero-order valence-corrected chi connectivity index (χ0v) is 12.8. The summed E-state index contributed by atoms with van der Waals surface area (Å²) in [5, 5.41) is 17.2. The smallest absolute Gasteiger partial charge is 0.270 e. The van der Waals surface area contributed by atoms with Crippen molar-refractivity contribution in [1.82, 2.24) is 5.43 Å². The highest BCUT2D eigenvalue weighted by Crippen LogP contribution is 2.15. The molecule has 2 N–H and O–H groups in total. The molecular formula is C16H15FN4O3. The van der Waals surface area contributed by atoms with Crippen LogP contribution in [-0.4, -0.2) is 23.6 Å². The van der Waals surface area contributed by atoms with Crippen molar-refractivity contribution in [2.24, 2.45) is 5.10 Å². The second kappa shape index (κ2) is 7.82. The van der Waals surface area contributed by atoms with Gasteiger partial charge in [0.2, 0.25) is 0 Å². The Balaban J connectivity index is 1.89. The lowest BCUT2D eigenvalue weighted by atomic mass is 10.2. The largest absolute Gasteiger partial charge is 0.376 e. The molecule has 0 unspecified atom stereocenters. The van der Waals surface area contributed by atoms with Crippen molar-refractivity contribution >= 4 is 23.5 Å². The van der Waals surface area contributed by atoms with Crippen LogP contribution in [0.25, 0.3) is 0 Å². The van der Waals surface area contributed by atoms with Crippen molar-refractivity contribution in [3.63, 3.8) is 0 Å². The van der Waals surface area contributed by atoms with Gasteiger partial charge < -0.3 is 5.32 Å². The number of hydrogen-bond donors (Lipinski definition) is 2. The predicted octanol–water partition coefficient (Wildman–Crippen LogP) is 2.60. The molecule has 1 amide bonds. The quantitative estimate of drug-likeness (QED) is 0.483. The Morgan fingerprint density at radius 2 is 2.00 bits per heavy atom. The lowest BCUT2D eigenvalue weighted by Crippen LogP contribution is -2.25. The molecule has 8 heteroatoms. The minimum atomic E-state index is -0.670. The highest BCUT2D eigenvalue weighted by molar-refractivity contribution is 5.84. The van der Waals surface area contributed by atoms with Crippen LogP contribution in [0.3, 0.4) is 0 Å². The fraction of sp³-hybridized carbons (Fsp3) is 0.125. The van der Waals surface area contributed by atoms with Gasteiger partial charge in [-0.25, -0.2) is 9.82 Å². The minimum absolute atomic E-state index is 0.0161. The second-order valence-electron chi connectivity index (χ2n) is 4.98. The van der Waals surface area contributed by atoms with Crippen molar-refractivity contribution in [2.45, 2.75) is 6.92 Å². The first-order valence-electron chi connectivity index (χ1n) is 7.02. The summed E-state index contributed by atoms with van der Waals surface area (Å²) in [4.78, 5) is 21.7. The fourth-order valence-corrected chi connectivity index (χ4v) is 1.81. The van der Waals surface area contributed by atoms with Crippen molar-refractivity contribution < 1.29 is 14.1 Å². The summed E-state index contributed by atoms with van der Waals surface area (Å²) in [5.41, 5.74) is 3.76. The molecule has 0 heterocycles. The topological polar surface area (TPSA) is 96.6 Å². The van der Waals surface area contributed by atoms with Crippen molar-refractivity contribution in [2.75, 3.05) is 11.9 Å². The van der Waals surface area contributed by atoms with Gasteiger partial charge in [-0.05, 0) is 25.1 Å². The average Bonchev–Trinajstić information content (AvgIpc) is 2.56. The number of hydrogen-bond acceptors (Lipinski definition) is 5. The molecule has 0 aliphatic rings. The molecule has 0 fully saturated rings. The second-order valence-corrected chi connectivity index (χ2v) is 4.98. The number of halogens is 1. The number of rotatable bonds is 6. The van der Waals surface area contributed by atoms with Crippen molar-refractivity contribution in [3.05, 3.63) is 69.5 Å². The lowest BCUT2D eigenvalue weighted by molar-refractivity contribution is -0.384. The van der Waals surface area contributed by atoms with E-state index in [1.807, 2.05) is 31.2 Å². The molecule has 0 spiro atoms.